The number of hydrogen-bond donors (Lipinski definition) is 0. The summed E-state index contributed by atoms with van der Waals surface area (Å²) in [5.74, 6) is -0.326. The molecule has 12 heavy (non-hydrogen) atoms. The van der Waals surface area contributed by atoms with Crippen molar-refractivity contribution in [3.63, 3.8) is 0 Å². The first kappa shape index (κ1) is 9.69. The van der Waals surface area contributed by atoms with Crippen molar-refractivity contribution in [3.05, 3.63) is 32.0 Å². The molecule has 0 saturated carbocycles. The third-order valence-electron chi connectivity index (χ3n) is 1.51. The van der Waals surface area contributed by atoms with Gasteiger partial charge in [0.05, 0.1) is 5.56 Å². The van der Waals surface area contributed by atoms with Crippen molar-refractivity contribution in [1.82, 2.24) is 0 Å². The molecule has 1 aromatic rings. The third-order valence-corrected chi connectivity index (χ3v) is 3.13. The van der Waals surface area contributed by atoms with Crippen molar-refractivity contribution in [2.75, 3.05) is 0 Å². The van der Waals surface area contributed by atoms with Gasteiger partial charge in [0.15, 0.2) is 0 Å². The lowest BCUT2D eigenvalue weighted by Gasteiger charge is -2.03. The van der Waals surface area contributed by atoms with Gasteiger partial charge in [0.2, 0.25) is 0 Å². The number of halogens is 3. The highest BCUT2D eigenvalue weighted by atomic mass is 79.9. The lowest BCUT2D eigenvalue weighted by atomic mass is 10.1. The SMILES string of the molecule is Cc1c(F)cc(Br)c(C#N)c1Br. The standard InChI is InChI=1S/C8H4Br2FN/c1-4-7(11)2-6(9)5(3-12)8(4)10/h2H,1H3. The molecule has 0 radical (unpaired) electrons. The van der Waals surface area contributed by atoms with Crippen LogP contribution in [-0.2, 0) is 0 Å². The Bertz CT molecular complexity index is 368. The lowest BCUT2D eigenvalue weighted by Crippen LogP contribution is -1.89. The molecule has 0 unspecified atom stereocenters. The molecule has 0 fully saturated rings. The monoisotopic (exact) mass is 291 g/mol. The molecular weight excluding hydrogens is 289 g/mol. The summed E-state index contributed by atoms with van der Waals surface area (Å²) in [5.41, 5.74) is 0.878. The maximum atomic E-state index is 13.0. The summed E-state index contributed by atoms with van der Waals surface area (Å²) in [6, 6.07) is 3.26. The summed E-state index contributed by atoms with van der Waals surface area (Å²) in [7, 11) is 0. The number of rotatable bonds is 0. The van der Waals surface area contributed by atoms with Crippen LogP contribution >= 0.6 is 31.9 Å². The third kappa shape index (κ3) is 1.52. The van der Waals surface area contributed by atoms with E-state index in [0.717, 1.165) is 0 Å². The lowest BCUT2D eigenvalue weighted by molar-refractivity contribution is 0.616. The van der Waals surface area contributed by atoms with Crippen LogP contribution in [0, 0.1) is 24.1 Å². The van der Waals surface area contributed by atoms with Crippen LogP contribution in [0.5, 0.6) is 0 Å². The Morgan fingerprint density at radius 2 is 2.08 bits per heavy atom. The Morgan fingerprint density at radius 3 is 2.58 bits per heavy atom. The highest BCUT2D eigenvalue weighted by Crippen LogP contribution is 2.29. The van der Waals surface area contributed by atoms with Gasteiger partial charge in [-0.2, -0.15) is 5.26 Å². The molecule has 0 atom stereocenters. The quantitative estimate of drug-likeness (QED) is 0.718. The largest absolute Gasteiger partial charge is 0.207 e. The van der Waals surface area contributed by atoms with E-state index < -0.39 is 0 Å². The van der Waals surface area contributed by atoms with Crippen molar-refractivity contribution < 1.29 is 4.39 Å². The number of benzene rings is 1. The van der Waals surface area contributed by atoms with Gasteiger partial charge in [0.1, 0.15) is 11.9 Å². The minimum absolute atomic E-state index is 0.326. The van der Waals surface area contributed by atoms with Gasteiger partial charge in [0, 0.05) is 14.5 Å². The molecule has 0 aliphatic rings. The predicted octanol–water partition coefficient (Wildman–Crippen LogP) is 3.53. The summed E-state index contributed by atoms with van der Waals surface area (Å²) in [5, 5.41) is 8.68. The Balaban J connectivity index is 3.54. The molecule has 0 aliphatic carbocycles. The van der Waals surface area contributed by atoms with Crippen molar-refractivity contribution in [2.24, 2.45) is 0 Å². The zero-order valence-electron chi connectivity index (χ0n) is 6.16. The highest BCUT2D eigenvalue weighted by Gasteiger charge is 2.11. The molecule has 0 heterocycles. The molecule has 1 aromatic carbocycles. The fraction of sp³-hybridized carbons (Fsp3) is 0.125. The number of hydrogen-bond acceptors (Lipinski definition) is 1. The average Bonchev–Trinajstić information content (AvgIpc) is 2.01. The van der Waals surface area contributed by atoms with E-state index in [0.29, 0.717) is 20.1 Å². The summed E-state index contributed by atoms with van der Waals surface area (Å²) in [4.78, 5) is 0. The maximum Gasteiger partial charge on any atom is 0.128 e. The van der Waals surface area contributed by atoms with Crippen LogP contribution in [0.25, 0.3) is 0 Å². The second-order valence-electron chi connectivity index (χ2n) is 2.27. The first-order chi connectivity index (χ1) is 5.57. The van der Waals surface area contributed by atoms with Crippen LogP contribution in [0.15, 0.2) is 15.0 Å². The van der Waals surface area contributed by atoms with E-state index >= 15 is 0 Å². The van der Waals surface area contributed by atoms with E-state index in [1.165, 1.54) is 6.07 Å². The van der Waals surface area contributed by atoms with Gasteiger partial charge < -0.3 is 0 Å². The first-order valence-electron chi connectivity index (χ1n) is 3.12. The van der Waals surface area contributed by atoms with Gasteiger partial charge in [-0.3, -0.25) is 0 Å². The van der Waals surface area contributed by atoms with E-state index in [9.17, 15) is 4.39 Å². The Morgan fingerprint density at radius 1 is 1.50 bits per heavy atom. The van der Waals surface area contributed by atoms with E-state index in [4.69, 9.17) is 5.26 Å². The van der Waals surface area contributed by atoms with Gasteiger partial charge in [-0.15, -0.1) is 0 Å². The van der Waals surface area contributed by atoms with E-state index in [2.05, 4.69) is 31.9 Å². The number of nitriles is 1. The fourth-order valence-electron chi connectivity index (χ4n) is 0.791. The molecule has 1 nitrogen and oxygen atoms in total. The fourth-order valence-corrected chi connectivity index (χ4v) is 2.04. The van der Waals surface area contributed by atoms with E-state index in [1.54, 1.807) is 6.92 Å². The Kier molecular flexibility index (Phi) is 2.86. The van der Waals surface area contributed by atoms with Crippen molar-refractivity contribution in [2.45, 2.75) is 6.92 Å². The van der Waals surface area contributed by atoms with Crippen LogP contribution in [-0.4, -0.2) is 0 Å². The van der Waals surface area contributed by atoms with E-state index in [-0.39, 0.29) is 5.82 Å². The highest BCUT2D eigenvalue weighted by molar-refractivity contribution is 9.11. The van der Waals surface area contributed by atoms with Crippen molar-refractivity contribution in [3.8, 4) is 6.07 Å². The van der Waals surface area contributed by atoms with E-state index in [1.807, 2.05) is 6.07 Å². The zero-order chi connectivity index (χ0) is 9.30. The molecular formula is C8H4Br2FN. The van der Waals surface area contributed by atoms with Crippen LogP contribution in [0.2, 0.25) is 0 Å². The zero-order valence-corrected chi connectivity index (χ0v) is 9.33. The average molecular weight is 293 g/mol. The molecule has 62 valence electrons. The minimum Gasteiger partial charge on any atom is -0.207 e. The summed E-state index contributed by atoms with van der Waals surface area (Å²) < 4.78 is 14.0. The Labute approximate surface area is 86.5 Å². The molecule has 0 saturated heterocycles. The van der Waals surface area contributed by atoms with Crippen molar-refractivity contribution in [1.29, 1.82) is 5.26 Å². The van der Waals surface area contributed by atoms with Crippen LogP contribution < -0.4 is 0 Å². The molecule has 0 aromatic heterocycles. The predicted molar refractivity (Wildman–Crippen MR) is 51.3 cm³/mol. The normalized spacial score (nSPS) is 9.58. The van der Waals surface area contributed by atoms with Gasteiger partial charge in [-0.1, -0.05) is 0 Å². The topological polar surface area (TPSA) is 23.8 Å². The van der Waals surface area contributed by atoms with Crippen molar-refractivity contribution >= 4 is 31.9 Å². The molecule has 0 amide bonds. The minimum atomic E-state index is -0.326. The summed E-state index contributed by atoms with van der Waals surface area (Å²) in [6.07, 6.45) is 0. The van der Waals surface area contributed by atoms with Crippen LogP contribution in [0.4, 0.5) is 4.39 Å². The van der Waals surface area contributed by atoms with Gasteiger partial charge in [-0.25, -0.2) is 4.39 Å². The summed E-state index contributed by atoms with van der Waals surface area (Å²) >= 11 is 6.25. The molecule has 1 rings (SSSR count). The maximum absolute atomic E-state index is 13.0. The molecule has 0 spiro atoms. The van der Waals surface area contributed by atoms with Gasteiger partial charge in [-0.05, 0) is 44.8 Å². The number of nitrogens with zero attached hydrogens (tertiary/aromatic N) is 1. The van der Waals surface area contributed by atoms with Gasteiger partial charge in [0.25, 0.3) is 0 Å². The van der Waals surface area contributed by atoms with Crippen LogP contribution in [0.3, 0.4) is 0 Å². The first-order valence-corrected chi connectivity index (χ1v) is 4.70. The Hall–Kier alpha value is -0.400. The molecule has 4 heteroatoms. The molecule has 0 N–H and O–H groups in total. The smallest absolute Gasteiger partial charge is 0.128 e. The molecule has 0 bridgehead atoms. The summed E-state index contributed by atoms with van der Waals surface area (Å²) in [6.45, 7) is 1.62. The second-order valence-corrected chi connectivity index (χ2v) is 3.91. The van der Waals surface area contributed by atoms with Crippen LogP contribution in [0.1, 0.15) is 11.1 Å². The van der Waals surface area contributed by atoms with Gasteiger partial charge >= 0.3 is 0 Å². The molecule has 0 aliphatic heterocycles. The second kappa shape index (κ2) is 3.55.